The van der Waals surface area contributed by atoms with Crippen molar-refractivity contribution in [2.45, 2.75) is 13.5 Å². The van der Waals surface area contributed by atoms with Gasteiger partial charge in [0.05, 0.1) is 5.75 Å². The topological polar surface area (TPSA) is 49.4 Å². The highest BCUT2D eigenvalue weighted by molar-refractivity contribution is 7.89. The minimum absolute atomic E-state index is 0.193. The molecule has 1 fully saturated rings. The number of nitrogens with zero attached hydrogens (tertiary/aromatic N) is 1. The maximum absolute atomic E-state index is 12.0. The first kappa shape index (κ1) is 12.5. The number of hydrogen-bond acceptors (Lipinski definition) is 3. The second-order valence-corrected chi connectivity index (χ2v) is 6.48. The summed E-state index contributed by atoms with van der Waals surface area (Å²) in [6.45, 7) is 4.32. The van der Waals surface area contributed by atoms with Crippen LogP contribution in [0.4, 0.5) is 0 Å². The van der Waals surface area contributed by atoms with E-state index in [1.165, 1.54) is 0 Å². The molecule has 0 spiro atoms. The van der Waals surface area contributed by atoms with Gasteiger partial charge in [0.1, 0.15) is 0 Å². The van der Waals surface area contributed by atoms with Crippen molar-refractivity contribution >= 4 is 10.0 Å². The Bertz CT molecular complexity index is 485. The van der Waals surface area contributed by atoms with Crippen molar-refractivity contribution in [2.75, 3.05) is 25.4 Å². The summed E-state index contributed by atoms with van der Waals surface area (Å²) in [6.07, 6.45) is 0. The second-order valence-electron chi connectivity index (χ2n) is 4.39. The standard InChI is InChI=1S/C12H18N2O2S/c1-11-3-2-4-12(9-11)10-14-7-5-13-6-8-17(14,15)16/h2-4,9,13H,5-8,10H2,1H3. The quantitative estimate of drug-likeness (QED) is 0.846. The van der Waals surface area contributed by atoms with E-state index < -0.39 is 10.0 Å². The van der Waals surface area contributed by atoms with E-state index in [0.717, 1.165) is 17.7 Å². The molecule has 4 nitrogen and oxygen atoms in total. The van der Waals surface area contributed by atoms with Crippen molar-refractivity contribution in [3.63, 3.8) is 0 Å². The Morgan fingerprint density at radius 2 is 2.18 bits per heavy atom. The van der Waals surface area contributed by atoms with Gasteiger partial charge in [0, 0.05) is 26.2 Å². The van der Waals surface area contributed by atoms with Gasteiger partial charge in [0.15, 0.2) is 0 Å². The van der Waals surface area contributed by atoms with Crippen LogP contribution in [0.5, 0.6) is 0 Å². The van der Waals surface area contributed by atoms with E-state index in [1.54, 1.807) is 4.31 Å². The van der Waals surface area contributed by atoms with Gasteiger partial charge in [0.2, 0.25) is 10.0 Å². The molecule has 0 radical (unpaired) electrons. The van der Waals surface area contributed by atoms with Gasteiger partial charge >= 0.3 is 0 Å². The van der Waals surface area contributed by atoms with E-state index >= 15 is 0 Å². The van der Waals surface area contributed by atoms with Crippen LogP contribution >= 0.6 is 0 Å². The van der Waals surface area contributed by atoms with Crippen molar-refractivity contribution in [3.05, 3.63) is 35.4 Å². The van der Waals surface area contributed by atoms with Crippen molar-refractivity contribution < 1.29 is 8.42 Å². The molecule has 1 heterocycles. The van der Waals surface area contributed by atoms with E-state index in [2.05, 4.69) is 5.32 Å². The molecule has 17 heavy (non-hydrogen) atoms. The lowest BCUT2D eigenvalue weighted by Crippen LogP contribution is -2.33. The minimum Gasteiger partial charge on any atom is -0.314 e. The van der Waals surface area contributed by atoms with Crippen LogP contribution in [-0.2, 0) is 16.6 Å². The zero-order chi connectivity index (χ0) is 12.3. The van der Waals surface area contributed by atoms with Gasteiger partial charge in [-0.2, -0.15) is 4.31 Å². The van der Waals surface area contributed by atoms with Gasteiger partial charge in [-0.25, -0.2) is 8.42 Å². The van der Waals surface area contributed by atoms with Crippen molar-refractivity contribution in [1.82, 2.24) is 9.62 Å². The maximum Gasteiger partial charge on any atom is 0.215 e. The van der Waals surface area contributed by atoms with Crippen LogP contribution in [0.3, 0.4) is 0 Å². The molecule has 1 N–H and O–H groups in total. The Kier molecular flexibility index (Phi) is 3.81. The molecule has 5 heteroatoms. The Morgan fingerprint density at radius 3 is 2.94 bits per heavy atom. The summed E-state index contributed by atoms with van der Waals surface area (Å²) in [5.41, 5.74) is 2.21. The number of nitrogens with one attached hydrogen (secondary N) is 1. The zero-order valence-corrected chi connectivity index (χ0v) is 10.8. The van der Waals surface area contributed by atoms with Crippen LogP contribution in [0.25, 0.3) is 0 Å². The van der Waals surface area contributed by atoms with Crippen LogP contribution in [0.15, 0.2) is 24.3 Å². The zero-order valence-electron chi connectivity index (χ0n) is 10.0. The van der Waals surface area contributed by atoms with Gasteiger partial charge in [0.25, 0.3) is 0 Å². The lowest BCUT2D eigenvalue weighted by Gasteiger charge is -2.19. The molecule has 2 rings (SSSR count). The first-order chi connectivity index (χ1) is 8.08. The molecule has 1 aliphatic heterocycles. The number of benzene rings is 1. The van der Waals surface area contributed by atoms with E-state index in [9.17, 15) is 8.42 Å². The Labute approximate surface area is 103 Å². The number of rotatable bonds is 2. The Morgan fingerprint density at radius 1 is 1.35 bits per heavy atom. The van der Waals surface area contributed by atoms with Crippen molar-refractivity contribution in [3.8, 4) is 0 Å². The molecule has 0 aliphatic carbocycles. The summed E-state index contributed by atoms with van der Waals surface area (Å²) in [5.74, 6) is 0.193. The summed E-state index contributed by atoms with van der Waals surface area (Å²) in [5, 5.41) is 3.11. The smallest absolute Gasteiger partial charge is 0.215 e. The van der Waals surface area contributed by atoms with Crippen LogP contribution in [0.2, 0.25) is 0 Å². The van der Waals surface area contributed by atoms with E-state index in [4.69, 9.17) is 0 Å². The van der Waals surface area contributed by atoms with Gasteiger partial charge in [-0.05, 0) is 12.5 Å². The van der Waals surface area contributed by atoms with Crippen LogP contribution < -0.4 is 5.32 Å². The third-order valence-electron chi connectivity index (χ3n) is 2.91. The summed E-state index contributed by atoms with van der Waals surface area (Å²) >= 11 is 0. The monoisotopic (exact) mass is 254 g/mol. The van der Waals surface area contributed by atoms with Crippen molar-refractivity contribution in [2.24, 2.45) is 0 Å². The molecule has 0 unspecified atom stereocenters. The highest BCUT2D eigenvalue weighted by Crippen LogP contribution is 2.12. The summed E-state index contributed by atoms with van der Waals surface area (Å²) in [4.78, 5) is 0. The van der Waals surface area contributed by atoms with Gasteiger partial charge in [-0.3, -0.25) is 0 Å². The molecule has 1 saturated heterocycles. The third kappa shape index (κ3) is 3.28. The lowest BCUT2D eigenvalue weighted by atomic mass is 10.1. The molecule has 0 aromatic heterocycles. The molecule has 0 bridgehead atoms. The minimum atomic E-state index is -3.10. The maximum atomic E-state index is 12.0. The largest absolute Gasteiger partial charge is 0.314 e. The Balaban J connectivity index is 2.16. The lowest BCUT2D eigenvalue weighted by molar-refractivity contribution is 0.415. The molecule has 1 aliphatic rings. The average Bonchev–Trinajstić information content (AvgIpc) is 2.41. The van der Waals surface area contributed by atoms with Crippen molar-refractivity contribution in [1.29, 1.82) is 0 Å². The number of hydrogen-bond donors (Lipinski definition) is 1. The first-order valence-corrected chi connectivity index (χ1v) is 7.43. The summed E-state index contributed by atoms with van der Waals surface area (Å²) in [6, 6.07) is 7.99. The molecular formula is C12H18N2O2S. The van der Waals surface area contributed by atoms with Gasteiger partial charge in [-0.15, -0.1) is 0 Å². The fourth-order valence-corrected chi connectivity index (χ4v) is 3.37. The molecular weight excluding hydrogens is 236 g/mol. The fourth-order valence-electron chi connectivity index (χ4n) is 1.99. The van der Waals surface area contributed by atoms with Crippen LogP contribution in [0, 0.1) is 6.92 Å². The average molecular weight is 254 g/mol. The van der Waals surface area contributed by atoms with Gasteiger partial charge in [-0.1, -0.05) is 29.8 Å². The van der Waals surface area contributed by atoms with E-state index in [1.807, 2.05) is 31.2 Å². The highest BCUT2D eigenvalue weighted by Gasteiger charge is 2.23. The molecule has 94 valence electrons. The molecule has 0 amide bonds. The number of aryl methyl sites for hydroxylation is 1. The third-order valence-corrected chi connectivity index (χ3v) is 4.73. The number of sulfonamides is 1. The molecule has 1 aromatic carbocycles. The second kappa shape index (κ2) is 5.16. The predicted octanol–water partition coefficient (Wildman–Crippen LogP) is 0.730. The fraction of sp³-hybridized carbons (Fsp3) is 0.500. The normalized spacial score (nSPS) is 21.0. The SMILES string of the molecule is Cc1cccc(CN2CCNCCS2(=O)=O)c1. The van der Waals surface area contributed by atoms with Crippen LogP contribution in [0.1, 0.15) is 11.1 Å². The van der Waals surface area contributed by atoms with Crippen LogP contribution in [-0.4, -0.2) is 38.1 Å². The predicted molar refractivity (Wildman–Crippen MR) is 68.2 cm³/mol. The molecule has 0 saturated carbocycles. The summed E-state index contributed by atoms with van der Waals surface area (Å²) in [7, 11) is -3.10. The first-order valence-electron chi connectivity index (χ1n) is 5.82. The van der Waals surface area contributed by atoms with E-state index in [-0.39, 0.29) is 5.75 Å². The molecule has 1 aromatic rings. The molecule has 0 atom stereocenters. The summed E-state index contributed by atoms with van der Waals surface area (Å²) < 4.78 is 25.5. The van der Waals surface area contributed by atoms with Gasteiger partial charge < -0.3 is 5.32 Å². The Hall–Kier alpha value is -0.910. The highest BCUT2D eigenvalue weighted by atomic mass is 32.2. The van der Waals surface area contributed by atoms with E-state index in [0.29, 0.717) is 19.6 Å².